The zero-order chi connectivity index (χ0) is 19.9. The molecular weight excluding hydrogens is 346 g/mol. The Hall–Kier alpha value is -2.92. The van der Waals surface area contributed by atoms with Crippen LogP contribution in [0.4, 0.5) is 17.5 Å². The summed E-state index contributed by atoms with van der Waals surface area (Å²) in [6.45, 7) is 6.10. The first kappa shape index (κ1) is 19.8. The summed E-state index contributed by atoms with van der Waals surface area (Å²) in [7, 11) is 4.17. The van der Waals surface area contributed by atoms with E-state index in [-0.39, 0.29) is 0 Å². The van der Waals surface area contributed by atoms with Gasteiger partial charge in [-0.2, -0.15) is 4.98 Å². The Morgan fingerprint density at radius 3 is 2.43 bits per heavy atom. The minimum atomic E-state index is 0.600. The van der Waals surface area contributed by atoms with E-state index >= 15 is 0 Å². The van der Waals surface area contributed by atoms with Crippen molar-refractivity contribution in [2.45, 2.75) is 20.3 Å². The third-order valence-corrected chi connectivity index (χ3v) is 4.51. The number of nitrogens with zero attached hydrogens (tertiary/aromatic N) is 3. The smallest absolute Gasteiger partial charge is 0.229 e. The van der Waals surface area contributed by atoms with Crippen LogP contribution >= 0.6 is 0 Å². The molecule has 1 aromatic heterocycles. The van der Waals surface area contributed by atoms with E-state index in [0.717, 1.165) is 42.3 Å². The highest BCUT2D eigenvalue weighted by Gasteiger charge is 2.08. The summed E-state index contributed by atoms with van der Waals surface area (Å²) in [6, 6.07) is 18.5. The first-order valence-corrected chi connectivity index (χ1v) is 9.68. The van der Waals surface area contributed by atoms with Gasteiger partial charge in [0.05, 0.1) is 5.69 Å². The fraction of sp³-hybridized carbons (Fsp3) is 0.304. The van der Waals surface area contributed by atoms with Crippen molar-refractivity contribution in [3.63, 3.8) is 0 Å². The van der Waals surface area contributed by atoms with E-state index in [1.54, 1.807) is 0 Å². The minimum Gasteiger partial charge on any atom is -0.370 e. The Kier molecular flexibility index (Phi) is 6.61. The summed E-state index contributed by atoms with van der Waals surface area (Å²) in [4.78, 5) is 11.6. The summed E-state index contributed by atoms with van der Waals surface area (Å²) in [5.74, 6) is 1.43. The first-order chi connectivity index (χ1) is 13.5. The van der Waals surface area contributed by atoms with Gasteiger partial charge in [-0.1, -0.05) is 48.0 Å². The number of aromatic nitrogens is 2. The third kappa shape index (κ3) is 5.54. The molecule has 2 N–H and O–H groups in total. The van der Waals surface area contributed by atoms with Crippen LogP contribution in [0.2, 0.25) is 0 Å². The van der Waals surface area contributed by atoms with Crippen LogP contribution in [0.25, 0.3) is 11.3 Å². The Morgan fingerprint density at radius 1 is 0.929 bits per heavy atom. The minimum absolute atomic E-state index is 0.600. The molecule has 0 bridgehead atoms. The first-order valence-electron chi connectivity index (χ1n) is 9.68. The van der Waals surface area contributed by atoms with Crippen LogP contribution in [0.3, 0.4) is 0 Å². The number of aryl methyl sites for hydroxylation is 2. The van der Waals surface area contributed by atoms with E-state index in [0.29, 0.717) is 5.95 Å². The highest BCUT2D eigenvalue weighted by atomic mass is 15.1. The highest BCUT2D eigenvalue weighted by Crippen LogP contribution is 2.24. The van der Waals surface area contributed by atoms with Crippen LogP contribution in [-0.2, 0) is 0 Å². The van der Waals surface area contributed by atoms with E-state index in [1.807, 2.05) is 24.3 Å². The number of anilines is 3. The van der Waals surface area contributed by atoms with Gasteiger partial charge >= 0.3 is 0 Å². The normalized spacial score (nSPS) is 10.9. The van der Waals surface area contributed by atoms with E-state index in [9.17, 15) is 0 Å². The monoisotopic (exact) mass is 375 g/mol. The quantitative estimate of drug-likeness (QED) is 0.550. The fourth-order valence-electron chi connectivity index (χ4n) is 3.04. The van der Waals surface area contributed by atoms with Gasteiger partial charge in [0.25, 0.3) is 0 Å². The van der Waals surface area contributed by atoms with Gasteiger partial charge in [0.2, 0.25) is 5.95 Å². The standard InChI is InChI=1S/C23H29N5/c1-17-11-12-20(18(2)15-17)25-23-26-21(19-9-6-5-7-10-19)16-22(27-23)24-13-8-14-28(3)4/h5-7,9-12,15-16H,8,13-14H2,1-4H3,(H2,24,25,26,27). The van der Waals surface area contributed by atoms with Gasteiger partial charge in [-0.25, -0.2) is 4.98 Å². The van der Waals surface area contributed by atoms with Crippen LogP contribution in [-0.4, -0.2) is 42.1 Å². The average molecular weight is 376 g/mol. The maximum absolute atomic E-state index is 4.75. The molecule has 3 rings (SSSR count). The molecule has 0 amide bonds. The van der Waals surface area contributed by atoms with Gasteiger partial charge in [0.15, 0.2) is 0 Å². The molecule has 5 heteroatoms. The largest absolute Gasteiger partial charge is 0.370 e. The second kappa shape index (κ2) is 9.33. The van der Waals surface area contributed by atoms with Crippen molar-refractivity contribution in [2.75, 3.05) is 37.8 Å². The Morgan fingerprint density at radius 2 is 1.71 bits per heavy atom. The lowest BCUT2D eigenvalue weighted by Crippen LogP contribution is -2.17. The van der Waals surface area contributed by atoms with E-state index in [2.05, 4.69) is 78.8 Å². The molecule has 5 nitrogen and oxygen atoms in total. The summed E-state index contributed by atoms with van der Waals surface area (Å²) in [5, 5.41) is 6.83. The van der Waals surface area contributed by atoms with Crippen LogP contribution in [0.15, 0.2) is 54.6 Å². The lowest BCUT2D eigenvalue weighted by molar-refractivity contribution is 0.405. The summed E-state index contributed by atoms with van der Waals surface area (Å²) < 4.78 is 0. The number of nitrogens with one attached hydrogen (secondary N) is 2. The number of hydrogen-bond donors (Lipinski definition) is 2. The number of benzene rings is 2. The zero-order valence-corrected chi connectivity index (χ0v) is 17.2. The summed E-state index contributed by atoms with van der Waals surface area (Å²) in [5.41, 5.74) is 5.41. The van der Waals surface area contributed by atoms with Gasteiger partial charge in [-0.15, -0.1) is 0 Å². The second-order valence-corrected chi connectivity index (χ2v) is 7.36. The third-order valence-electron chi connectivity index (χ3n) is 4.51. The second-order valence-electron chi connectivity index (χ2n) is 7.36. The van der Waals surface area contributed by atoms with Gasteiger partial charge < -0.3 is 15.5 Å². The van der Waals surface area contributed by atoms with Crippen molar-refractivity contribution in [3.8, 4) is 11.3 Å². The zero-order valence-electron chi connectivity index (χ0n) is 17.2. The maximum atomic E-state index is 4.75. The molecule has 0 radical (unpaired) electrons. The van der Waals surface area contributed by atoms with E-state index < -0.39 is 0 Å². The molecule has 28 heavy (non-hydrogen) atoms. The molecule has 0 saturated heterocycles. The van der Waals surface area contributed by atoms with Gasteiger partial charge in [0, 0.05) is 23.9 Å². The van der Waals surface area contributed by atoms with Gasteiger partial charge in [-0.05, 0) is 52.5 Å². The topological polar surface area (TPSA) is 53.1 Å². The summed E-state index contributed by atoms with van der Waals surface area (Å²) >= 11 is 0. The molecule has 146 valence electrons. The van der Waals surface area contributed by atoms with Crippen LogP contribution in [0.1, 0.15) is 17.5 Å². The number of hydrogen-bond acceptors (Lipinski definition) is 5. The SMILES string of the molecule is Cc1ccc(Nc2nc(NCCCN(C)C)cc(-c3ccccc3)n2)c(C)c1. The van der Waals surface area contributed by atoms with E-state index in [1.165, 1.54) is 11.1 Å². The van der Waals surface area contributed by atoms with Gasteiger partial charge in [0.1, 0.15) is 5.82 Å². The van der Waals surface area contributed by atoms with Crippen molar-refractivity contribution in [3.05, 3.63) is 65.7 Å². The molecule has 0 aliphatic heterocycles. The molecule has 0 saturated carbocycles. The Balaban J connectivity index is 1.86. The molecule has 3 aromatic rings. The lowest BCUT2D eigenvalue weighted by Gasteiger charge is -2.14. The van der Waals surface area contributed by atoms with Crippen LogP contribution in [0.5, 0.6) is 0 Å². The van der Waals surface area contributed by atoms with Crippen LogP contribution in [0, 0.1) is 13.8 Å². The molecule has 0 aliphatic rings. The lowest BCUT2D eigenvalue weighted by atomic mass is 10.1. The Bertz CT molecular complexity index is 906. The summed E-state index contributed by atoms with van der Waals surface area (Å²) in [6.07, 6.45) is 1.05. The van der Waals surface area contributed by atoms with Crippen molar-refractivity contribution >= 4 is 17.5 Å². The van der Waals surface area contributed by atoms with Crippen molar-refractivity contribution in [1.82, 2.24) is 14.9 Å². The van der Waals surface area contributed by atoms with Crippen LogP contribution < -0.4 is 10.6 Å². The molecule has 2 aromatic carbocycles. The molecule has 1 heterocycles. The van der Waals surface area contributed by atoms with Crippen molar-refractivity contribution < 1.29 is 0 Å². The van der Waals surface area contributed by atoms with Gasteiger partial charge in [-0.3, -0.25) is 0 Å². The fourth-order valence-corrected chi connectivity index (χ4v) is 3.04. The highest BCUT2D eigenvalue weighted by molar-refractivity contribution is 5.67. The predicted molar refractivity (Wildman–Crippen MR) is 118 cm³/mol. The molecule has 0 unspecified atom stereocenters. The molecule has 0 fully saturated rings. The number of rotatable bonds is 8. The average Bonchev–Trinajstić information content (AvgIpc) is 2.68. The van der Waals surface area contributed by atoms with Crippen molar-refractivity contribution in [1.29, 1.82) is 0 Å². The van der Waals surface area contributed by atoms with E-state index in [4.69, 9.17) is 4.98 Å². The van der Waals surface area contributed by atoms with Crippen molar-refractivity contribution in [2.24, 2.45) is 0 Å². The molecule has 0 aliphatic carbocycles. The molecule has 0 spiro atoms. The molecular formula is C23H29N5. The predicted octanol–water partition coefficient (Wildman–Crippen LogP) is 4.87. The molecule has 0 atom stereocenters. The maximum Gasteiger partial charge on any atom is 0.229 e. The Labute approximate surface area is 167 Å².